The lowest BCUT2D eigenvalue weighted by molar-refractivity contribution is -0.121. The molecule has 24 heavy (non-hydrogen) atoms. The predicted molar refractivity (Wildman–Crippen MR) is 97.7 cm³/mol. The van der Waals surface area contributed by atoms with Gasteiger partial charge in [-0.1, -0.05) is 50.8 Å². The molecule has 2 rings (SSSR count). The molecular weight excluding hydrogens is 324 g/mol. The van der Waals surface area contributed by atoms with E-state index in [2.05, 4.69) is 12.2 Å². The van der Waals surface area contributed by atoms with Gasteiger partial charge in [0.2, 0.25) is 15.9 Å². The molecule has 1 heterocycles. The van der Waals surface area contributed by atoms with Crippen LogP contribution in [-0.2, 0) is 21.2 Å². The van der Waals surface area contributed by atoms with Gasteiger partial charge in [-0.15, -0.1) is 0 Å². The van der Waals surface area contributed by atoms with Gasteiger partial charge >= 0.3 is 0 Å². The minimum absolute atomic E-state index is 0.0523. The predicted octanol–water partition coefficient (Wildman–Crippen LogP) is 2.86. The molecule has 1 aromatic rings. The fourth-order valence-electron chi connectivity index (χ4n) is 3.00. The summed E-state index contributed by atoms with van der Waals surface area (Å²) in [6, 6.07) is 7.59. The Balaban J connectivity index is 1.73. The average Bonchev–Trinajstić information content (AvgIpc) is 2.99. The summed E-state index contributed by atoms with van der Waals surface area (Å²) in [5.41, 5.74) is 1.84. The van der Waals surface area contributed by atoms with Crippen LogP contribution in [0.4, 0.5) is 5.69 Å². The van der Waals surface area contributed by atoms with E-state index in [1.54, 1.807) is 0 Å². The van der Waals surface area contributed by atoms with Crippen molar-refractivity contribution >= 4 is 21.6 Å². The molecule has 1 aliphatic rings. The maximum Gasteiger partial charge on any atom is 0.236 e. The number of para-hydroxylation sites is 1. The number of benzene rings is 1. The minimum atomic E-state index is -3.38. The number of carbonyl (C=O) groups is 1. The van der Waals surface area contributed by atoms with Gasteiger partial charge in [0, 0.05) is 19.5 Å². The van der Waals surface area contributed by atoms with Crippen molar-refractivity contribution in [3.8, 4) is 0 Å². The molecule has 5 nitrogen and oxygen atoms in total. The molecule has 0 unspecified atom stereocenters. The molecule has 0 saturated carbocycles. The van der Waals surface area contributed by atoms with Gasteiger partial charge in [0.15, 0.2) is 0 Å². The lowest BCUT2D eigenvalue weighted by Gasteiger charge is -2.19. The van der Waals surface area contributed by atoms with E-state index in [0.29, 0.717) is 13.0 Å². The molecule has 6 heteroatoms. The van der Waals surface area contributed by atoms with Crippen LogP contribution < -0.4 is 9.62 Å². The fraction of sp³-hybridized carbons (Fsp3) is 0.611. The Morgan fingerprint density at radius 2 is 1.92 bits per heavy atom. The molecule has 0 bridgehead atoms. The summed E-state index contributed by atoms with van der Waals surface area (Å²) in [6.45, 7) is 2.83. The monoisotopic (exact) mass is 352 g/mol. The van der Waals surface area contributed by atoms with Crippen LogP contribution in [0.25, 0.3) is 0 Å². The zero-order chi connectivity index (χ0) is 17.4. The normalized spacial score (nSPS) is 13.8. The standard InChI is InChI=1S/C18H28N2O3S/c1-2-3-4-5-6-11-18(21)19-13-15-24(22,23)20-14-12-16-9-7-8-10-17(16)20/h7-10H,2-6,11-15H2,1H3,(H,19,21). The topological polar surface area (TPSA) is 66.5 Å². The zero-order valence-corrected chi connectivity index (χ0v) is 15.3. The second-order valence-corrected chi connectivity index (χ2v) is 8.29. The first kappa shape index (κ1) is 18.8. The first-order valence-electron chi connectivity index (χ1n) is 8.89. The third-order valence-corrected chi connectivity index (χ3v) is 6.14. The van der Waals surface area contributed by atoms with Gasteiger partial charge in [0.05, 0.1) is 11.4 Å². The number of carbonyl (C=O) groups excluding carboxylic acids is 1. The number of anilines is 1. The van der Waals surface area contributed by atoms with Gasteiger partial charge in [0.1, 0.15) is 0 Å². The minimum Gasteiger partial charge on any atom is -0.355 e. The van der Waals surface area contributed by atoms with Crippen LogP contribution in [0.1, 0.15) is 51.0 Å². The highest BCUT2D eigenvalue weighted by atomic mass is 32.2. The molecule has 0 aliphatic carbocycles. The maximum atomic E-state index is 12.5. The van der Waals surface area contributed by atoms with Crippen LogP contribution in [0.15, 0.2) is 24.3 Å². The van der Waals surface area contributed by atoms with Crippen LogP contribution in [0.3, 0.4) is 0 Å². The van der Waals surface area contributed by atoms with Crippen molar-refractivity contribution < 1.29 is 13.2 Å². The summed E-state index contributed by atoms with van der Waals surface area (Å²) in [5.74, 6) is -0.105. The number of hydrogen-bond acceptors (Lipinski definition) is 3. The molecule has 0 fully saturated rings. The zero-order valence-electron chi connectivity index (χ0n) is 14.5. The van der Waals surface area contributed by atoms with E-state index in [0.717, 1.165) is 36.9 Å². The molecule has 1 aromatic carbocycles. The Kier molecular flexibility index (Phi) is 7.09. The highest BCUT2D eigenvalue weighted by Gasteiger charge is 2.28. The number of unbranched alkanes of at least 4 members (excludes halogenated alkanes) is 4. The Hall–Kier alpha value is -1.56. The average molecular weight is 353 g/mol. The summed E-state index contributed by atoms with van der Waals surface area (Å²) in [4.78, 5) is 11.8. The van der Waals surface area contributed by atoms with Crippen LogP contribution in [0.5, 0.6) is 0 Å². The third-order valence-electron chi connectivity index (χ3n) is 4.37. The van der Waals surface area contributed by atoms with E-state index >= 15 is 0 Å². The molecule has 1 aliphatic heterocycles. The molecule has 134 valence electrons. The number of fused-ring (bicyclic) bond motifs is 1. The SMILES string of the molecule is CCCCCCCC(=O)NCCS(=O)(=O)N1CCc2ccccc21. The molecule has 1 N–H and O–H groups in total. The molecule has 0 radical (unpaired) electrons. The largest absolute Gasteiger partial charge is 0.355 e. The number of rotatable bonds is 10. The molecule has 0 spiro atoms. The second kappa shape index (κ2) is 9.06. The highest BCUT2D eigenvalue weighted by molar-refractivity contribution is 7.92. The first-order chi connectivity index (χ1) is 11.5. The third kappa shape index (κ3) is 5.23. The van der Waals surface area contributed by atoms with Crippen LogP contribution in [0.2, 0.25) is 0 Å². The lowest BCUT2D eigenvalue weighted by atomic mass is 10.1. The van der Waals surface area contributed by atoms with Gasteiger partial charge < -0.3 is 5.32 Å². The van der Waals surface area contributed by atoms with Crippen LogP contribution in [0, 0.1) is 0 Å². The van der Waals surface area contributed by atoms with E-state index in [-0.39, 0.29) is 18.2 Å². The summed E-state index contributed by atoms with van der Waals surface area (Å²) in [7, 11) is -3.38. The molecule has 1 amide bonds. The second-order valence-electron chi connectivity index (χ2n) is 6.28. The van der Waals surface area contributed by atoms with Crippen molar-refractivity contribution in [2.75, 3.05) is 23.1 Å². The number of sulfonamides is 1. The Labute approximate surface area is 145 Å². The van der Waals surface area contributed by atoms with Gasteiger partial charge in [-0.25, -0.2) is 8.42 Å². The fourth-order valence-corrected chi connectivity index (χ4v) is 4.43. The molecule has 0 atom stereocenters. The van der Waals surface area contributed by atoms with Gasteiger partial charge in [-0.2, -0.15) is 0 Å². The van der Waals surface area contributed by atoms with Crippen molar-refractivity contribution in [2.45, 2.75) is 51.9 Å². The smallest absolute Gasteiger partial charge is 0.236 e. The highest BCUT2D eigenvalue weighted by Crippen LogP contribution is 2.29. The van der Waals surface area contributed by atoms with E-state index in [1.807, 2.05) is 24.3 Å². The lowest BCUT2D eigenvalue weighted by Crippen LogP contribution is -2.36. The van der Waals surface area contributed by atoms with Crippen molar-refractivity contribution in [3.63, 3.8) is 0 Å². The molecule has 0 aromatic heterocycles. The van der Waals surface area contributed by atoms with E-state index in [1.165, 1.54) is 17.1 Å². The first-order valence-corrected chi connectivity index (χ1v) is 10.5. The Bertz CT molecular complexity index is 643. The Morgan fingerprint density at radius 3 is 2.71 bits per heavy atom. The van der Waals surface area contributed by atoms with Gasteiger partial charge in [-0.05, 0) is 24.5 Å². The van der Waals surface area contributed by atoms with Gasteiger partial charge in [0.25, 0.3) is 0 Å². The van der Waals surface area contributed by atoms with E-state index in [4.69, 9.17) is 0 Å². The number of amides is 1. The Morgan fingerprint density at radius 1 is 1.17 bits per heavy atom. The van der Waals surface area contributed by atoms with Crippen LogP contribution in [-0.4, -0.2) is 33.2 Å². The maximum absolute atomic E-state index is 12.5. The summed E-state index contributed by atoms with van der Waals surface area (Å²) in [5, 5.41) is 2.73. The van der Waals surface area contributed by atoms with Crippen molar-refractivity contribution in [3.05, 3.63) is 29.8 Å². The van der Waals surface area contributed by atoms with Crippen molar-refractivity contribution in [1.82, 2.24) is 5.32 Å². The summed E-state index contributed by atoms with van der Waals surface area (Å²) >= 11 is 0. The summed E-state index contributed by atoms with van der Waals surface area (Å²) < 4.78 is 26.4. The quantitative estimate of drug-likeness (QED) is 0.659. The van der Waals surface area contributed by atoms with Crippen molar-refractivity contribution in [2.24, 2.45) is 0 Å². The van der Waals surface area contributed by atoms with Crippen LogP contribution >= 0.6 is 0 Å². The van der Waals surface area contributed by atoms with E-state index < -0.39 is 10.0 Å². The number of nitrogens with one attached hydrogen (secondary N) is 1. The van der Waals surface area contributed by atoms with Crippen molar-refractivity contribution in [1.29, 1.82) is 0 Å². The number of hydrogen-bond donors (Lipinski definition) is 1. The molecular formula is C18H28N2O3S. The summed E-state index contributed by atoms with van der Waals surface area (Å²) in [6.07, 6.45) is 6.71. The molecule has 0 saturated heterocycles. The van der Waals surface area contributed by atoms with Gasteiger partial charge in [-0.3, -0.25) is 9.10 Å². The number of nitrogens with zero attached hydrogens (tertiary/aromatic N) is 1. The van der Waals surface area contributed by atoms with E-state index in [9.17, 15) is 13.2 Å².